The van der Waals surface area contributed by atoms with Gasteiger partial charge < -0.3 is 10.1 Å². The van der Waals surface area contributed by atoms with E-state index >= 15 is 0 Å². The topological polar surface area (TPSA) is 35.8 Å². The van der Waals surface area contributed by atoms with E-state index in [4.69, 9.17) is 5.21 Å². The molecule has 1 heterocycles. The van der Waals surface area contributed by atoms with Gasteiger partial charge in [0.1, 0.15) is 5.84 Å². The second-order valence-corrected chi connectivity index (χ2v) is 2.04. The summed E-state index contributed by atoms with van der Waals surface area (Å²) >= 11 is 0. The number of nitrogens with zero attached hydrogens (tertiary/aromatic N) is 2. The van der Waals surface area contributed by atoms with Gasteiger partial charge in [0, 0.05) is 20.0 Å². The van der Waals surface area contributed by atoms with Crippen molar-refractivity contribution < 1.29 is 5.21 Å². The van der Waals surface area contributed by atoms with Crippen molar-refractivity contribution in [2.45, 2.75) is 12.8 Å². The maximum absolute atomic E-state index is 8.28. The van der Waals surface area contributed by atoms with Gasteiger partial charge in [-0.15, -0.1) is 0 Å². The number of oxime groups is 1. The first kappa shape index (κ1) is 5.41. The van der Waals surface area contributed by atoms with Crippen LogP contribution in [0.2, 0.25) is 0 Å². The Morgan fingerprint density at radius 3 is 2.75 bits per heavy atom. The SMILES string of the molecule is CN1CCCC1=NO. The third-order valence-corrected chi connectivity index (χ3v) is 1.45. The van der Waals surface area contributed by atoms with E-state index in [1.165, 1.54) is 0 Å². The van der Waals surface area contributed by atoms with Crippen LogP contribution >= 0.6 is 0 Å². The molecule has 1 aliphatic heterocycles. The molecule has 0 amide bonds. The van der Waals surface area contributed by atoms with Gasteiger partial charge in [-0.3, -0.25) is 0 Å². The second kappa shape index (κ2) is 2.03. The Kier molecular flexibility index (Phi) is 1.37. The molecule has 0 aromatic heterocycles. The van der Waals surface area contributed by atoms with Crippen LogP contribution in [0.3, 0.4) is 0 Å². The number of hydrogen-bond donors (Lipinski definition) is 1. The molecule has 0 aromatic carbocycles. The number of likely N-dealkylation sites (tertiary alicyclic amines) is 1. The molecule has 1 N–H and O–H groups in total. The summed E-state index contributed by atoms with van der Waals surface area (Å²) in [6.07, 6.45) is 2.04. The monoisotopic (exact) mass is 114 g/mol. The molecular weight excluding hydrogens is 104 g/mol. The summed E-state index contributed by atoms with van der Waals surface area (Å²) in [5.74, 6) is 0.810. The van der Waals surface area contributed by atoms with E-state index in [0.717, 1.165) is 25.2 Å². The first-order valence-corrected chi connectivity index (χ1v) is 2.76. The maximum atomic E-state index is 8.28. The normalized spacial score (nSPS) is 25.1. The van der Waals surface area contributed by atoms with E-state index in [2.05, 4.69) is 5.16 Å². The predicted octanol–water partition coefficient (Wildman–Crippen LogP) is 0.500. The predicted molar refractivity (Wildman–Crippen MR) is 31.1 cm³/mol. The minimum absolute atomic E-state index is 0.810. The Balaban J connectivity index is 2.55. The van der Waals surface area contributed by atoms with Crippen molar-refractivity contribution in [2.24, 2.45) is 5.16 Å². The van der Waals surface area contributed by atoms with Crippen molar-refractivity contribution in [1.82, 2.24) is 4.90 Å². The molecule has 0 radical (unpaired) electrons. The number of rotatable bonds is 0. The summed E-state index contributed by atoms with van der Waals surface area (Å²) in [4.78, 5) is 1.96. The van der Waals surface area contributed by atoms with E-state index < -0.39 is 0 Å². The largest absolute Gasteiger partial charge is 0.409 e. The Bertz CT molecular complexity index is 111. The van der Waals surface area contributed by atoms with Crippen molar-refractivity contribution in [2.75, 3.05) is 13.6 Å². The highest BCUT2D eigenvalue weighted by Crippen LogP contribution is 2.07. The molecule has 46 valence electrons. The van der Waals surface area contributed by atoms with Crippen LogP contribution in [0.1, 0.15) is 12.8 Å². The van der Waals surface area contributed by atoms with E-state index in [1.807, 2.05) is 11.9 Å². The molecule has 0 aromatic rings. The molecular formula is C5H10N2O. The molecule has 3 nitrogen and oxygen atoms in total. The van der Waals surface area contributed by atoms with E-state index in [-0.39, 0.29) is 0 Å². The molecule has 0 spiro atoms. The molecule has 0 aliphatic carbocycles. The minimum Gasteiger partial charge on any atom is -0.409 e. The van der Waals surface area contributed by atoms with Crippen LogP contribution in [0.5, 0.6) is 0 Å². The molecule has 0 atom stereocenters. The van der Waals surface area contributed by atoms with Gasteiger partial charge in [-0.1, -0.05) is 5.16 Å². The standard InChI is InChI=1S/C5H10N2O/c1-7-4-2-3-5(7)6-8/h8H,2-4H2,1H3. The van der Waals surface area contributed by atoms with E-state index in [1.54, 1.807) is 0 Å². The van der Waals surface area contributed by atoms with Gasteiger partial charge in [0.25, 0.3) is 0 Å². The van der Waals surface area contributed by atoms with E-state index in [9.17, 15) is 0 Å². The summed E-state index contributed by atoms with van der Waals surface area (Å²) in [7, 11) is 1.93. The Morgan fingerprint density at radius 1 is 1.75 bits per heavy atom. The summed E-state index contributed by atoms with van der Waals surface area (Å²) in [6, 6.07) is 0. The number of hydrogen-bond acceptors (Lipinski definition) is 2. The second-order valence-electron chi connectivity index (χ2n) is 2.04. The lowest BCUT2D eigenvalue weighted by Gasteiger charge is -2.07. The lowest BCUT2D eigenvalue weighted by molar-refractivity contribution is 0.309. The zero-order chi connectivity index (χ0) is 5.98. The average molecular weight is 114 g/mol. The van der Waals surface area contributed by atoms with Crippen molar-refractivity contribution in [1.29, 1.82) is 0 Å². The Hall–Kier alpha value is -0.730. The molecule has 1 rings (SSSR count). The van der Waals surface area contributed by atoms with Gasteiger partial charge in [0.15, 0.2) is 0 Å². The van der Waals surface area contributed by atoms with Gasteiger partial charge in [-0.05, 0) is 6.42 Å². The van der Waals surface area contributed by atoms with Crippen LogP contribution in [0, 0.1) is 0 Å². The highest BCUT2D eigenvalue weighted by molar-refractivity contribution is 5.83. The molecule has 1 aliphatic rings. The van der Waals surface area contributed by atoms with Crippen LogP contribution in [0.15, 0.2) is 5.16 Å². The van der Waals surface area contributed by atoms with Gasteiger partial charge in [0.2, 0.25) is 0 Å². The van der Waals surface area contributed by atoms with E-state index in [0.29, 0.717) is 0 Å². The molecule has 8 heavy (non-hydrogen) atoms. The van der Waals surface area contributed by atoms with Crippen LogP contribution in [-0.4, -0.2) is 29.5 Å². The molecule has 3 heteroatoms. The lowest BCUT2D eigenvalue weighted by atomic mass is 10.4. The minimum atomic E-state index is 0.810. The zero-order valence-corrected chi connectivity index (χ0v) is 4.96. The van der Waals surface area contributed by atoms with Gasteiger partial charge in [-0.25, -0.2) is 0 Å². The van der Waals surface area contributed by atoms with Crippen molar-refractivity contribution in [3.63, 3.8) is 0 Å². The van der Waals surface area contributed by atoms with Crippen LogP contribution < -0.4 is 0 Å². The first-order valence-electron chi connectivity index (χ1n) is 2.76. The fourth-order valence-electron chi connectivity index (χ4n) is 0.921. The molecule has 0 unspecified atom stereocenters. The van der Waals surface area contributed by atoms with Gasteiger partial charge in [-0.2, -0.15) is 0 Å². The molecule has 1 fully saturated rings. The Labute approximate surface area is 48.6 Å². The van der Waals surface area contributed by atoms with Crippen molar-refractivity contribution >= 4 is 5.84 Å². The van der Waals surface area contributed by atoms with Gasteiger partial charge in [0.05, 0.1) is 0 Å². The molecule has 0 saturated carbocycles. The van der Waals surface area contributed by atoms with Crippen molar-refractivity contribution in [3.8, 4) is 0 Å². The smallest absolute Gasteiger partial charge is 0.144 e. The van der Waals surface area contributed by atoms with Crippen LogP contribution in [-0.2, 0) is 0 Å². The van der Waals surface area contributed by atoms with Gasteiger partial charge >= 0.3 is 0 Å². The summed E-state index contributed by atoms with van der Waals surface area (Å²) in [6.45, 7) is 1.03. The highest BCUT2D eigenvalue weighted by atomic mass is 16.4. The average Bonchev–Trinajstić information content (AvgIpc) is 2.14. The fourth-order valence-corrected chi connectivity index (χ4v) is 0.921. The molecule has 0 bridgehead atoms. The summed E-state index contributed by atoms with van der Waals surface area (Å²) in [5, 5.41) is 11.4. The van der Waals surface area contributed by atoms with Crippen LogP contribution in [0.4, 0.5) is 0 Å². The summed E-state index contributed by atoms with van der Waals surface area (Å²) < 4.78 is 0. The highest BCUT2D eigenvalue weighted by Gasteiger charge is 2.13. The zero-order valence-electron chi connectivity index (χ0n) is 4.96. The summed E-state index contributed by atoms with van der Waals surface area (Å²) in [5.41, 5.74) is 0. The number of amidine groups is 1. The van der Waals surface area contributed by atoms with Crippen molar-refractivity contribution in [3.05, 3.63) is 0 Å². The lowest BCUT2D eigenvalue weighted by Crippen LogP contribution is -2.18. The third-order valence-electron chi connectivity index (χ3n) is 1.45. The fraction of sp³-hybridized carbons (Fsp3) is 0.800. The quantitative estimate of drug-likeness (QED) is 0.367. The first-order chi connectivity index (χ1) is 3.84. The third kappa shape index (κ3) is 0.757. The van der Waals surface area contributed by atoms with Crippen LogP contribution in [0.25, 0.3) is 0 Å². The maximum Gasteiger partial charge on any atom is 0.144 e. The Morgan fingerprint density at radius 2 is 2.50 bits per heavy atom. The molecule has 1 saturated heterocycles.